The average Bonchev–Trinajstić information content (AvgIpc) is 2.63. The Labute approximate surface area is 170 Å². The summed E-state index contributed by atoms with van der Waals surface area (Å²) in [5, 5.41) is 17.5. The van der Waals surface area contributed by atoms with Crippen LogP contribution in [0, 0.1) is 0 Å². The quantitative estimate of drug-likeness (QED) is 0.236. The lowest BCUT2D eigenvalue weighted by Gasteiger charge is -2.18. The number of nitrogens with zero attached hydrogens (tertiary/aromatic N) is 1. The largest absolute Gasteiger partial charge is 0.480 e. The number of aliphatic carboxylic acids is 2. The van der Waals surface area contributed by atoms with E-state index < -0.39 is 30.9 Å². The summed E-state index contributed by atoms with van der Waals surface area (Å²) in [4.78, 5) is 34.3. The first-order chi connectivity index (χ1) is 13.5. The second kappa shape index (κ2) is 18.5. The van der Waals surface area contributed by atoms with Gasteiger partial charge in [-0.15, -0.1) is 0 Å². The Bertz CT molecular complexity index is 446. The third kappa shape index (κ3) is 17.6. The Morgan fingerprint density at radius 2 is 1.11 bits per heavy atom. The standard InChI is InChI=1S/C22H39NO5/c1-2-3-4-5-6-7-8-9-10-11-12-13-14-15-16-17-20(24)23(18-21(25)26)19-22(27)28/h9-10H,2-8,11-19H2,1H3,(H,25,26)(H,27,28)/b10-9-. The van der Waals surface area contributed by atoms with Gasteiger partial charge in [0.1, 0.15) is 13.1 Å². The molecule has 0 saturated heterocycles. The van der Waals surface area contributed by atoms with E-state index in [1.165, 1.54) is 44.9 Å². The maximum absolute atomic E-state index is 11.9. The normalized spacial score (nSPS) is 11.0. The van der Waals surface area contributed by atoms with E-state index in [1.54, 1.807) is 0 Å². The monoisotopic (exact) mass is 397 g/mol. The third-order valence-corrected chi connectivity index (χ3v) is 4.66. The van der Waals surface area contributed by atoms with Gasteiger partial charge in [-0.1, -0.05) is 70.4 Å². The second-order valence-corrected chi connectivity index (χ2v) is 7.37. The highest BCUT2D eigenvalue weighted by Crippen LogP contribution is 2.10. The van der Waals surface area contributed by atoms with Crippen molar-refractivity contribution >= 4 is 17.8 Å². The SMILES string of the molecule is CCCCCCCC/C=C\CCCCCCCC(=O)N(CC(=O)O)CC(=O)O. The van der Waals surface area contributed by atoms with Crippen molar-refractivity contribution in [2.75, 3.05) is 13.1 Å². The van der Waals surface area contributed by atoms with Crippen molar-refractivity contribution in [3.05, 3.63) is 12.2 Å². The molecule has 0 aromatic rings. The predicted molar refractivity (Wildman–Crippen MR) is 111 cm³/mol. The van der Waals surface area contributed by atoms with Crippen molar-refractivity contribution in [2.24, 2.45) is 0 Å². The lowest BCUT2D eigenvalue weighted by Crippen LogP contribution is -2.39. The van der Waals surface area contributed by atoms with E-state index in [9.17, 15) is 14.4 Å². The van der Waals surface area contributed by atoms with Gasteiger partial charge < -0.3 is 15.1 Å². The number of rotatable bonds is 19. The number of allylic oxidation sites excluding steroid dienone is 2. The first-order valence-corrected chi connectivity index (χ1v) is 10.8. The Kier molecular flexibility index (Phi) is 17.3. The molecule has 0 bridgehead atoms. The minimum absolute atomic E-state index is 0.207. The van der Waals surface area contributed by atoms with E-state index in [-0.39, 0.29) is 6.42 Å². The first-order valence-electron chi connectivity index (χ1n) is 10.8. The number of amides is 1. The zero-order valence-electron chi connectivity index (χ0n) is 17.5. The maximum Gasteiger partial charge on any atom is 0.323 e. The van der Waals surface area contributed by atoms with Crippen molar-refractivity contribution in [3.8, 4) is 0 Å². The van der Waals surface area contributed by atoms with Crippen LogP contribution in [0.1, 0.15) is 96.8 Å². The molecule has 0 aromatic heterocycles. The smallest absolute Gasteiger partial charge is 0.323 e. The lowest BCUT2D eigenvalue weighted by atomic mass is 10.1. The summed E-state index contributed by atoms with van der Waals surface area (Å²) in [6.07, 6.45) is 19.9. The fourth-order valence-electron chi connectivity index (χ4n) is 3.06. The Morgan fingerprint density at radius 3 is 1.57 bits per heavy atom. The summed E-state index contributed by atoms with van der Waals surface area (Å²) in [5.41, 5.74) is 0. The van der Waals surface area contributed by atoms with E-state index >= 15 is 0 Å². The Hall–Kier alpha value is -1.85. The number of carboxylic acid groups (broad SMARTS) is 2. The minimum atomic E-state index is -1.20. The number of hydrogen-bond donors (Lipinski definition) is 2. The Morgan fingerprint density at radius 1 is 0.679 bits per heavy atom. The van der Waals surface area contributed by atoms with E-state index in [0.717, 1.165) is 37.0 Å². The van der Waals surface area contributed by atoms with Gasteiger partial charge in [-0.3, -0.25) is 14.4 Å². The summed E-state index contributed by atoms with van der Waals surface area (Å²) in [5.74, 6) is -2.79. The van der Waals surface area contributed by atoms with E-state index in [2.05, 4.69) is 19.1 Å². The van der Waals surface area contributed by atoms with Gasteiger partial charge in [0, 0.05) is 6.42 Å². The van der Waals surface area contributed by atoms with Gasteiger partial charge in [-0.25, -0.2) is 0 Å². The zero-order valence-corrected chi connectivity index (χ0v) is 17.5. The Balaban J connectivity index is 3.59. The highest BCUT2D eigenvalue weighted by Gasteiger charge is 2.18. The van der Waals surface area contributed by atoms with E-state index in [1.807, 2.05) is 0 Å². The van der Waals surface area contributed by atoms with Crippen LogP contribution in [0.25, 0.3) is 0 Å². The first kappa shape index (κ1) is 26.1. The molecule has 0 heterocycles. The van der Waals surface area contributed by atoms with Gasteiger partial charge in [0.2, 0.25) is 5.91 Å². The highest BCUT2D eigenvalue weighted by molar-refractivity contribution is 5.85. The van der Waals surface area contributed by atoms with Crippen molar-refractivity contribution in [1.29, 1.82) is 0 Å². The molecule has 0 saturated carbocycles. The van der Waals surface area contributed by atoms with Gasteiger partial charge in [0.25, 0.3) is 0 Å². The van der Waals surface area contributed by atoms with Gasteiger partial charge in [-0.05, 0) is 32.1 Å². The molecule has 0 atom stereocenters. The number of carboxylic acids is 2. The summed E-state index contributed by atoms with van der Waals surface area (Å²) >= 11 is 0. The van der Waals surface area contributed by atoms with Crippen LogP contribution in [0.2, 0.25) is 0 Å². The molecular formula is C22H39NO5. The molecule has 28 heavy (non-hydrogen) atoms. The van der Waals surface area contributed by atoms with Crippen molar-refractivity contribution < 1.29 is 24.6 Å². The van der Waals surface area contributed by atoms with Crippen LogP contribution < -0.4 is 0 Å². The molecule has 0 rings (SSSR count). The molecule has 0 aromatic carbocycles. The maximum atomic E-state index is 11.9. The van der Waals surface area contributed by atoms with Crippen LogP contribution in [0.5, 0.6) is 0 Å². The van der Waals surface area contributed by atoms with Crippen molar-refractivity contribution in [1.82, 2.24) is 4.90 Å². The topological polar surface area (TPSA) is 94.9 Å². The molecule has 0 aliphatic heterocycles. The summed E-state index contributed by atoms with van der Waals surface area (Å²) in [7, 11) is 0. The van der Waals surface area contributed by atoms with Gasteiger partial charge in [0.05, 0.1) is 0 Å². The molecule has 1 amide bonds. The van der Waals surface area contributed by atoms with Crippen LogP contribution >= 0.6 is 0 Å². The second-order valence-electron chi connectivity index (χ2n) is 7.37. The fraction of sp³-hybridized carbons (Fsp3) is 0.773. The molecule has 0 aliphatic rings. The number of unbranched alkanes of at least 4 members (excludes halogenated alkanes) is 11. The molecule has 6 heteroatoms. The number of carbonyl (C=O) groups excluding carboxylic acids is 1. The van der Waals surface area contributed by atoms with E-state index in [4.69, 9.17) is 10.2 Å². The minimum Gasteiger partial charge on any atom is -0.480 e. The van der Waals surface area contributed by atoms with Crippen molar-refractivity contribution in [2.45, 2.75) is 96.8 Å². The predicted octanol–water partition coefficient (Wildman–Crippen LogP) is 5.02. The molecule has 0 fully saturated rings. The van der Waals surface area contributed by atoms with Crippen LogP contribution in [0.15, 0.2) is 12.2 Å². The van der Waals surface area contributed by atoms with Gasteiger partial charge >= 0.3 is 11.9 Å². The molecule has 0 unspecified atom stereocenters. The molecule has 0 spiro atoms. The fourth-order valence-corrected chi connectivity index (χ4v) is 3.06. The number of carbonyl (C=O) groups is 3. The molecular weight excluding hydrogens is 358 g/mol. The molecule has 162 valence electrons. The molecule has 2 N–H and O–H groups in total. The zero-order chi connectivity index (χ0) is 21.0. The van der Waals surface area contributed by atoms with Gasteiger partial charge in [-0.2, -0.15) is 0 Å². The summed E-state index contributed by atoms with van der Waals surface area (Å²) < 4.78 is 0. The van der Waals surface area contributed by atoms with Crippen molar-refractivity contribution in [3.63, 3.8) is 0 Å². The number of hydrogen-bond acceptors (Lipinski definition) is 3. The van der Waals surface area contributed by atoms with Gasteiger partial charge in [0.15, 0.2) is 0 Å². The van der Waals surface area contributed by atoms with Crippen LogP contribution in [0.4, 0.5) is 0 Å². The summed E-state index contributed by atoms with van der Waals surface area (Å²) in [6.45, 7) is 1.12. The molecule has 6 nitrogen and oxygen atoms in total. The van der Waals surface area contributed by atoms with Crippen LogP contribution in [0.3, 0.4) is 0 Å². The molecule has 0 aliphatic carbocycles. The van der Waals surface area contributed by atoms with Crippen LogP contribution in [-0.4, -0.2) is 46.0 Å². The third-order valence-electron chi connectivity index (χ3n) is 4.66. The molecule has 0 radical (unpaired) electrons. The van der Waals surface area contributed by atoms with E-state index in [0.29, 0.717) is 6.42 Å². The lowest BCUT2D eigenvalue weighted by molar-refractivity contribution is -0.149. The summed E-state index contributed by atoms with van der Waals surface area (Å²) in [6, 6.07) is 0. The van der Waals surface area contributed by atoms with Crippen LogP contribution in [-0.2, 0) is 14.4 Å². The highest BCUT2D eigenvalue weighted by atomic mass is 16.4. The average molecular weight is 398 g/mol.